The summed E-state index contributed by atoms with van der Waals surface area (Å²) in [5.41, 5.74) is 0. The van der Waals surface area contributed by atoms with Gasteiger partial charge in [-0.2, -0.15) is 5.26 Å². The summed E-state index contributed by atoms with van der Waals surface area (Å²) >= 11 is 0. The van der Waals surface area contributed by atoms with Crippen LogP contribution in [0.15, 0.2) is 0 Å². The van der Waals surface area contributed by atoms with Crippen LogP contribution in [0.2, 0.25) is 0 Å². The van der Waals surface area contributed by atoms with Crippen molar-refractivity contribution in [1.29, 1.82) is 5.26 Å². The first kappa shape index (κ1) is 12.6. The molecule has 0 aromatic carbocycles. The van der Waals surface area contributed by atoms with Gasteiger partial charge in [0.05, 0.1) is 24.4 Å². The number of piperidine rings is 1. The number of hydrogen-bond donors (Lipinski definition) is 0. The number of rotatable bonds is 2. The molecule has 1 saturated carbocycles. The Morgan fingerprint density at radius 3 is 2.16 bits per heavy atom. The van der Waals surface area contributed by atoms with Crippen LogP contribution in [-0.4, -0.2) is 47.3 Å². The van der Waals surface area contributed by atoms with Gasteiger partial charge in [-0.05, 0) is 25.7 Å². The Morgan fingerprint density at radius 2 is 1.63 bits per heavy atom. The summed E-state index contributed by atoms with van der Waals surface area (Å²) < 4.78 is 0. The zero-order valence-electron chi connectivity index (χ0n) is 11.0. The summed E-state index contributed by atoms with van der Waals surface area (Å²) in [4.78, 5) is 28.3. The van der Waals surface area contributed by atoms with Crippen molar-refractivity contribution in [1.82, 2.24) is 9.80 Å². The molecule has 0 radical (unpaired) electrons. The second kappa shape index (κ2) is 4.93. The molecule has 0 N–H and O–H groups in total. The van der Waals surface area contributed by atoms with E-state index in [1.807, 2.05) is 0 Å². The normalized spacial score (nSPS) is 32.7. The highest BCUT2D eigenvalue weighted by atomic mass is 16.2. The molecule has 2 amide bonds. The minimum absolute atomic E-state index is 0.0235. The third-order valence-electron chi connectivity index (χ3n) is 4.84. The lowest BCUT2D eigenvalue weighted by Crippen LogP contribution is -2.48. The van der Waals surface area contributed by atoms with Crippen LogP contribution in [0.25, 0.3) is 0 Å². The van der Waals surface area contributed by atoms with E-state index in [0.29, 0.717) is 6.54 Å². The molecule has 2 saturated heterocycles. The number of nitrogens with zero attached hydrogens (tertiary/aromatic N) is 3. The number of carbonyl (C=O) groups excluding carboxylic acids is 2. The fourth-order valence-corrected chi connectivity index (χ4v) is 3.81. The zero-order valence-corrected chi connectivity index (χ0v) is 11.0. The fraction of sp³-hybridized carbons (Fsp3) is 0.786. The standard InChI is InChI=1S/C14H19N3O2/c15-6-9-16-7-4-10(5-8-16)17-13(18)11-2-1-3-12(11)14(17)19/h10-12H,1-5,7-9H2. The highest BCUT2D eigenvalue weighted by molar-refractivity contribution is 6.05. The maximum atomic E-state index is 12.3. The molecule has 2 aliphatic heterocycles. The number of imide groups is 1. The molecule has 5 nitrogen and oxygen atoms in total. The van der Waals surface area contributed by atoms with Crippen LogP contribution in [-0.2, 0) is 9.59 Å². The molecule has 5 heteroatoms. The van der Waals surface area contributed by atoms with E-state index < -0.39 is 0 Å². The average molecular weight is 261 g/mol. The lowest BCUT2D eigenvalue weighted by molar-refractivity contribution is -0.144. The van der Waals surface area contributed by atoms with Crippen molar-refractivity contribution >= 4 is 11.8 Å². The van der Waals surface area contributed by atoms with Gasteiger partial charge < -0.3 is 0 Å². The van der Waals surface area contributed by atoms with Crippen molar-refractivity contribution in [3.8, 4) is 6.07 Å². The van der Waals surface area contributed by atoms with Gasteiger partial charge in [0.25, 0.3) is 0 Å². The van der Waals surface area contributed by atoms with E-state index in [0.717, 1.165) is 45.2 Å². The molecule has 1 aliphatic carbocycles. The quantitative estimate of drug-likeness (QED) is 0.544. The lowest BCUT2D eigenvalue weighted by atomic mass is 10.00. The van der Waals surface area contributed by atoms with Gasteiger partial charge >= 0.3 is 0 Å². The first-order valence-electron chi connectivity index (χ1n) is 7.18. The monoisotopic (exact) mass is 261 g/mol. The molecule has 0 aromatic rings. The number of likely N-dealkylation sites (tertiary alicyclic amines) is 2. The van der Waals surface area contributed by atoms with Crippen LogP contribution >= 0.6 is 0 Å². The summed E-state index contributed by atoms with van der Waals surface area (Å²) in [6.07, 6.45) is 4.43. The molecule has 3 rings (SSSR count). The van der Waals surface area contributed by atoms with Gasteiger partial charge in [0, 0.05) is 19.1 Å². The number of fused-ring (bicyclic) bond motifs is 1. The average Bonchev–Trinajstić information content (AvgIpc) is 2.97. The largest absolute Gasteiger partial charge is 0.290 e. The Hall–Kier alpha value is -1.41. The first-order chi connectivity index (χ1) is 9.22. The van der Waals surface area contributed by atoms with Crippen molar-refractivity contribution in [3.63, 3.8) is 0 Å². The van der Waals surface area contributed by atoms with Crippen LogP contribution in [0.3, 0.4) is 0 Å². The van der Waals surface area contributed by atoms with Crippen molar-refractivity contribution < 1.29 is 9.59 Å². The number of amides is 2. The Bertz CT molecular complexity index is 412. The SMILES string of the molecule is N#CCN1CCC(N2C(=O)C3CCCC3C2=O)CC1. The third-order valence-corrected chi connectivity index (χ3v) is 4.84. The van der Waals surface area contributed by atoms with Crippen molar-refractivity contribution in [3.05, 3.63) is 0 Å². The summed E-state index contributed by atoms with van der Waals surface area (Å²) in [7, 11) is 0. The van der Waals surface area contributed by atoms with E-state index in [9.17, 15) is 9.59 Å². The Kier molecular flexibility index (Phi) is 3.28. The highest BCUT2D eigenvalue weighted by Gasteiger charge is 2.51. The molecule has 2 heterocycles. The van der Waals surface area contributed by atoms with Crippen LogP contribution in [0.1, 0.15) is 32.1 Å². The molecular weight excluding hydrogens is 242 g/mol. The van der Waals surface area contributed by atoms with Gasteiger partial charge in [-0.25, -0.2) is 0 Å². The van der Waals surface area contributed by atoms with E-state index in [1.54, 1.807) is 4.90 Å². The van der Waals surface area contributed by atoms with Crippen LogP contribution in [0.5, 0.6) is 0 Å². The second-order valence-corrected chi connectivity index (χ2v) is 5.86. The van der Waals surface area contributed by atoms with Crippen LogP contribution in [0, 0.1) is 23.2 Å². The Labute approximate surface area is 113 Å². The van der Waals surface area contributed by atoms with Crippen LogP contribution in [0.4, 0.5) is 0 Å². The van der Waals surface area contributed by atoms with Gasteiger partial charge in [0.1, 0.15) is 0 Å². The second-order valence-electron chi connectivity index (χ2n) is 5.86. The minimum atomic E-state index is -0.0235. The van der Waals surface area contributed by atoms with E-state index >= 15 is 0 Å². The van der Waals surface area contributed by atoms with Gasteiger partial charge in [-0.3, -0.25) is 19.4 Å². The number of nitriles is 1. The molecule has 3 fully saturated rings. The molecular formula is C14H19N3O2. The number of carbonyl (C=O) groups is 2. The van der Waals surface area contributed by atoms with E-state index in [1.165, 1.54) is 0 Å². The Morgan fingerprint density at radius 1 is 1.05 bits per heavy atom. The smallest absolute Gasteiger partial charge is 0.233 e. The van der Waals surface area contributed by atoms with E-state index in [4.69, 9.17) is 5.26 Å². The fourth-order valence-electron chi connectivity index (χ4n) is 3.81. The predicted molar refractivity (Wildman–Crippen MR) is 67.8 cm³/mol. The molecule has 0 bridgehead atoms. The molecule has 0 aromatic heterocycles. The minimum Gasteiger partial charge on any atom is -0.290 e. The zero-order chi connectivity index (χ0) is 13.4. The van der Waals surface area contributed by atoms with E-state index in [2.05, 4.69) is 11.0 Å². The number of hydrogen-bond acceptors (Lipinski definition) is 4. The van der Waals surface area contributed by atoms with Crippen molar-refractivity contribution in [2.45, 2.75) is 38.1 Å². The Balaban J connectivity index is 1.66. The topological polar surface area (TPSA) is 64.4 Å². The van der Waals surface area contributed by atoms with Gasteiger partial charge in [0.2, 0.25) is 11.8 Å². The van der Waals surface area contributed by atoms with E-state index in [-0.39, 0.29) is 29.7 Å². The first-order valence-corrected chi connectivity index (χ1v) is 7.18. The van der Waals surface area contributed by atoms with Gasteiger partial charge in [-0.1, -0.05) is 6.42 Å². The highest BCUT2D eigenvalue weighted by Crippen LogP contribution is 2.41. The molecule has 2 atom stereocenters. The molecule has 19 heavy (non-hydrogen) atoms. The van der Waals surface area contributed by atoms with Crippen molar-refractivity contribution in [2.75, 3.05) is 19.6 Å². The summed E-state index contributed by atoms with van der Waals surface area (Å²) in [6.45, 7) is 2.06. The summed E-state index contributed by atoms with van der Waals surface area (Å²) in [5, 5.41) is 8.68. The summed E-state index contributed by atoms with van der Waals surface area (Å²) in [6, 6.07) is 2.22. The van der Waals surface area contributed by atoms with Gasteiger partial charge in [0.15, 0.2) is 0 Å². The molecule has 0 spiro atoms. The van der Waals surface area contributed by atoms with Gasteiger partial charge in [-0.15, -0.1) is 0 Å². The maximum absolute atomic E-state index is 12.3. The molecule has 2 unspecified atom stereocenters. The third kappa shape index (κ3) is 2.04. The summed E-state index contributed by atoms with van der Waals surface area (Å²) in [5.74, 6) is 0.103. The maximum Gasteiger partial charge on any atom is 0.233 e. The molecule has 102 valence electrons. The van der Waals surface area contributed by atoms with Crippen molar-refractivity contribution in [2.24, 2.45) is 11.8 Å². The van der Waals surface area contributed by atoms with Crippen LogP contribution < -0.4 is 0 Å². The molecule has 3 aliphatic rings. The lowest BCUT2D eigenvalue weighted by Gasteiger charge is -2.35. The predicted octanol–water partition coefficient (Wildman–Crippen LogP) is 0.759.